The zero-order valence-electron chi connectivity index (χ0n) is 10.2. The molecule has 1 N–H and O–H groups in total. The molecule has 1 aromatic rings. The fourth-order valence-corrected chi connectivity index (χ4v) is 2.65. The summed E-state index contributed by atoms with van der Waals surface area (Å²) in [5, 5.41) is 4.69. The van der Waals surface area contributed by atoms with Crippen molar-refractivity contribution in [2.75, 3.05) is 13.1 Å². The highest BCUT2D eigenvalue weighted by Crippen LogP contribution is 2.24. The average molecular weight is 273 g/mol. The molecule has 1 aliphatic heterocycles. The number of hydrogen-bond donors (Lipinski definition) is 1. The van der Waals surface area contributed by atoms with Gasteiger partial charge >= 0.3 is 0 Å². The highest BCUT2D eigenvalue weighted by molar-refractivity contribution is 6.42. The van der Waals surface area contributed by atoms with E-state index in [0.29, 0.717) is 22.1 Å². The molecule has 1 heterocycles. The smallest absolute Gasteiger partial charge is 0.0595 e. The van der Waals surface area contributed by atoms with E-state index in [1.54, 1.807) is 0 Å². The highest BCUT2D eigenvalue weighted by atomic mass is 35.5. The predicted octanol–water partition coefficient (Wildman–Crippen LogP) is 3.18. The van der Waals surface area contributed by atoms with E-state index in [-0.39, 0.29) is 0 Å². The van der Waals surface area contributed by atoms with Crippen LogP contribution in [0.2, 0.25) is 10.0 Å². The van der Waals surface area contributed by atoms with Gasteiger partial charge in [0.1, 0.15) is 0 Å². The topological polar surface area (TPSA) is 15.3 Å². The van der Waals surface area contributed by atoms with Gasteiger partial charge in [0.2, 0.25) is 0 Å². The van der Waals surface area contributed by atoms with Gasteiger partial charge in [0.25, 0.3) is 0 Å². The molecular weight excluding hydrogens is 255 g/mol. The largest absolute Gasteiger partial charge is 0.314 e. The second-order valence-corrected chi connectivity index (χ2v) is 5.59. The van der Waals surface area contributed by atoms with Crippen molar-refractivity contribution in [2.45, 2.75) is 32.5 Å². The number of hydrogen-bond acceptors (Lipinski definition) is 2. The standard InChI is InChI=1S/C13H18Cl2N2/c1-9-6-16-7-10(2)17(9)8-11-3-4-12(14)13(15)5-11/h3-5,9-10,16H,6-8H2,1-2H3. The normalized spacial score (nSPS) is 26.1. The van der Waals surface area contributed by atoms with E-state index >= 15 is 0 Å². The maximum absolute atomic E-state index is 6.04. The van der Waals surface area contributed by atoms with Crippen molar-refractivity contribution in [2.24, 2.45) is 0 Å². The Morgan fingerprint density at radius 3 is 2.41 bits per heavy atom. The molecular formula is C13H18Cl2N2. The zero-order valence-corrected chi connectivity index (χ0v) is 11.7. The van der Waals surface area contributed by atoms with Crippen LogP contribution in [0.1, 0.15) is 19.4 Å². The maximum atomic E-state index is 6.04. The molecule has 2 unspecified atom stereocenters. The van der Waals surface area contributed by atoms with E-state index in [9.17, 15) is 0 Å². The minimum Gasteiger partial charge on any atom is -0.314 e. The Balaban J connectivity index is 2.10. The molecule has 1 saturated heterocycles. The van der Waals surface area contributed by atoms with E-state index < -0.39 is 0 Å². The van der Waals surface area contributed by atoms with Crippen LogP contribution in [0.4, 0.5) is 0 Å². The molecule has 2 nitrogen and oxygen atoms in total. The summed E-state index contributed by atoms with van der Waals surface area (Å²) in [6, 6.07) is 6.99. The molecule has 1 fully saturated rings. The lowest BCUT2D eigenvalue weighted by Gasteiger charge is -2.39. The molecule has 0 spiro atoms. The molecule has 17 heavy (non-hydrogen) atoms. The summed E-state index contributed by atoms with van der Waals surface area (Å²) < 4.78 is 0. The van der Waals surface area contributed by atoms with Crippen molar-refractivity contribution in [3.8, 4) is 0 Å². The number of halogens is 2. The second kappa shape index (κ2) is 5.57. The van der Waals surface area contributed by atoms with Gasteiger partial charge in [-0.15, -0.1) is 0 Å². The number of benzene rings is 1. The van der Waals surface area contributed by atoms with Crippen LogP contribution in [0.5, 0.6) is 0 Å². The third kappa shape index (κ3) is 3.14. The molecule has 0 bridgehead atoms. The Hall–Kier alpha value is -0.280. The van der Waals surface area contributed by atoms with Crippen molar-refractivity contribution >= 4 is 23.2 Å². The lowest BCUT2D eigenvalue weighted by molar-refractivity contribution is 0.109. The highest BCUT2D eigenvalue weighted by Gasteiger charge is 2.24. The summed E-state index contributed by atoms with van der Waals surface area (Å²) in [6.45, 7) is 7.53. The fourth-order valence-electron chi connectivity index (χ4n) is 2.33. The summed E-state index contributed by atoms with van der Waals surface area (Å²) in [5.41, 5.74) is 1.22. The SMILES string of the molecule is CC1CNCC(C)N1Cc1ccc(Cl)c(Cl)c1. The molecule has 0 radical (unpaired) electrons. The van der Waals surface area contributed by atoms with E-state index in [4.69, 9.17) is 23.2 Å². The summed E-state index contributed by atoms with van der Waals surface area (Å²) in [7, 11) is 0. The minimum absolute atomic E-state index is 0.549. The van der Waals surface area contributed by atoms with Crippen LogP contribution in [0.3, 0.4) is 0 Å². The molecule has 0 saturated carbocycles. The monoisotopic (exact) mass is 272 g/mol. The quantitative estimate of drug-likeness (QED) is 0.890. The van der Waals surface area contributed by atoms with Crippen molar-refractivity contribution < 1.29 is 0 Å². The second-order valence-electron chi connectivity index (χ2n) is 4.78. The zero-order chi connectivity index (χ0) is 12.4. The molecule has 1 aliphatic rings. The van der Waals surface area contributed by atoms with Gasteiger partial charge in [0.15, 0.2) is 0 Å². The predicted molar refractivity (Wildman–Crippen MR) is 73.8 cm³/mol. The fraction of sp³-hybridized carbons (Fsp3) is 0.538. The lowest BCUT2D eigenvalue weighted by atomic mass is 10.1. The number of rotatable bonds is 2. The molecule has 2 rings (SSSR count). The molecule has 2 atom stereocenters. The molecule has 0 aromatic heterocycles. The first-order chi connectivity index (χ1) is 8.08. The van der Waals surface area contributed by atoms with Gasteiger partial charge in [-0.25, -0.2) is 0 Å². The van der Waals surface area contributed by atoms with Crippen LogP contribution in [-0.2, 0) is 6.54 Å². The molecule has 4 heteroatoms. The van der Waals surface area contributed by atoms with Crippen LogP contribution < -0.4 is 5.32 Å². The molecule has 94 valence electrons. The van der Waals surface area contributed by atoms with E-state index in [1.165, 1.54) is 5.56 Å². The van der Waals surface area contributed by atoms with Crippen LogP contribution in [0.25, 0.3) is 0 Å². The summed E-state index contributed by atoms with van der Waals surface area (Å²) in [4.78, 5) is 2.50. The van der Waals surface area contributed by atoms with Gasteiger partial charge in [-0.3, -0.25) is 4.90 Å². The van der Waals surface area contributed by atoms with E-state index in [2.05, 4.69) is 30.1 Å². The number of nitrogens with one attached hydrogen (secondary N) is 1. The van der Waals surface area contributed by atoms with Gasteiger partial charge in [0, 0.05) is 31.7 Å². The first kappa shape index (κ1) is 13.2. The maximum Gasteiger partial charge on any atom is 0.0595 e. The third-order valence-corrected chi connectivity index (χ3v) is 4.10. The summed E-state index contributed by atoms with van der Waals surface area (Å²) >= 11 is 12.0. The summed E-state index contributed by atoms with van der Waals surface area (Å²) in [6.07, 6.45) is 0. The minimum atomic E-state index is 0.549. The van der Waals surface area contributed by atoms with Gasteiger partial charge < -0.3 is 5.32 Å². The van der Waals surface area contributed by atoms with Gasteiger partial charge in [-0.05, 0) is 31.5 Å². The van der Waals surface area contributed by atoms with Crippen LogP contribution in [-0.4, -0.2) is 30.1 Å². The lowest BCUT2D eigenvalue weighted by Crippen LogP contribution is -2.54. The molecule has 0 amide bonds. The molecule has 0 aliphatic carbocycles. The van der Waals surface area contributed by atoms with Crippen LogP contribution >= 0.6 is 23.2 Å². The number of piperazine rings is 1. The Labute approximate surface area is 113 Å². The molecule has 1 aromatic carbocycles. The Bertz CT molecular complexity index is 385. The Morgan fingerprint density at radius 1 is 1.18 bits per heavy atom. The van der Waals surface area contributed by atoms with Crippen molar-refractivity contribution in [3.63, 3.8) is 0 Å². The Morgan fingerprint density at radius 2 is 1.82 bits per heavy atom. The average Bonchev–Trinajstić information content (AvgIpc) is 2.28. The number of nitrogens with zero attached hydrogens (tertiary/aromatic N) is 1. The van der Waals surface area contributed by atoms with Crippen molar-refractivity contribution in [3.05, 3.63) is 33.8 Å². The first-order valence-corrected chi connectivity index (χ1v) is 6.74. The van der Waals surface area contributed by atoms with Crippen LogP contribution in [0.15, 0.2) is 18.2 Å². The van der Waals surface area contributed by atoms with Crippen molar-refractivity contribution in [1.82, 2.24) is 10.2 Å². The first-order valence-electron chi connectivity index (χ1n) is 5.98. The van der Waals surface area contributed by atoms with E-state index in [1.807, 2.05) is 12.1 Å². The summed E-state index contributed by atoms with van der Waals surface area (Å²) in [5.74, 6) is 0. The van der Waals surface area contributed by atoms with Gasteiger partial charge in [-0.1, -0.05) is 29.3 Å². The van der Waals surface area contributed by atoms with E-state index in [0.717, 1.165) is 19.6 Å². The third-order valence-electron chi connectivity index (χ3n) is 3.36. The van der Waals surface area contributed by atoms with Gasteiger partial charge in [0.05, 0.1) is 10.0 Å². The van der Waals surface area contributed by atoms with Crippen molar-refractivity contribution in [1.29, 1.82) is 0 Å². The van der Waals surface area contributed by atoms with Crippen LogP contribution in [0, 0.1) is 0 Å². The van der Waals surface area contributed by atoms with Gasteiger partial charge in [-0.2, -0.15) is 0 Å². The Kier molecular flexibility index (Phi) is 4.31.